The molecular formula is C29H21Cl2F4N3O5. The molecule has 1 aliphatic carbocycles. The van der Waals surface area contributed by atoms with Crippen molar-refractivity contribution >= 4 is 46.6 Å². The number of ether oxygens (including phenoxy) is 2. The lowest BCUT2D eigenvalue weighted by molar-refractivity contribution is -0.137. The number of hydrogen-bond donors (Lipinski definition) is 2. The Kier molecular flexibility index (Phi) is 8.52. The van der Waals surface area contributed by atoms with Gasteiger partial charge in [0.2, 0.25) is 0 Å². The summed E-state index contributed by atoms with van der Waals surface area (Å²) in [6.07, 6.45) is -3.97. The van der Waals surface area contributed by atoms with E-state index in [2.05, 4.69) is 10.6 Å². The molecule has 0 fully saturated rings. The first-order valence-electron chi connectivity index (χ1n) is 12.7. The molecule has 5 rings (SSSR count). The van der Waals surface area contributed by atoms with Gasteiger partial charge in [0.1, 0.15) is 17.3 Å². The van der Waals surface area contributed by atoms with E-state index < -0.39 is 47.4 Å². The molecule has 0 saturated carbocycles. The normalized spacial score (nSPS) is 17.5. The summed E-state index contributed by atoms with van der Waals surface area (Å²) in [5.41, 5.74) is -0.491. The van der Waals surface area contributed by atoms with Gasteiger partial charge in [-0.15, -0.1) is 0 Å². The minimum Gasteiger partial charge on any atom is -0.484 e. The predicted molar refractivity (Wildman–Crippen MR) is 149 cm³/mol. The first-order valence-corrected chi connectivity index (χ1v) is 13.5. The van der Waals surface area contributed by atoms with Gasteiger partial charge in [-0.05, 0) is 54.6 Å². The highest BCUT2D eigenvalue weighted by Crippen LogP contribution is 2.37. The third-order valence-electron chi connectivity index (χ3n) is 6.53. The highest BCUT2D eigenvalue weighted by Gasteiger charge is 2.37. The van der Waals surface area contributed by atoms with Crippen molar-refractivity contribution in [2.45, 2.75) is 24.7 Å². The second-order valence-corrected chi connectivity index (χ2v) is 10.5. The van der Waals surface area contributed by atoms with E-state index in [1.165, 1.54) is 36.4 Å². The Morgan fingerprint density at radius 2 is 1.81 bits per heavy atom. The zero-order valence-corrected chi connectivity index (χ0v) is 23.4. The van der Waals surface area contributed by atoms with Gasteiger partial charge in [0.05, 0.1) is 28.9 Å². The standard InChI is InChI=1S/C29H21Cl2F4N3O5/c30-17-4-7-24-23(9-17)38(28(41)15-2-1-3-16(8-15)29(33,34)35)13-25(43-24)27(40)37-19-10-18(11-19)36-26(39)14-42-20-5-6-21(31)22(32)12-20/h1-10,12,19,25H,11,13-14H2,(H,36,39)(H,37,40). The molecule has 3 aromatic rings. The fourth-order valence-electron chi connectivity index (χ4n) is 4.41. The third kappa shape index (κ3) is 7.03. The number of carbonyl (C=O) groups is 3. The van der Waals surface area contributed by atoms with Crippen molar-refractivity contribution < 1.29 is 41.4 Å². The summed E-state index contributed by atoms with van der Waals surface area (Å²) in [6, 6.07) is 11.7. The van der Waals surface area contributed by atoms with Crippen LogP contribution in [0, 0.1) is 5.82 Å². The Bertz CT molecular complexity index is 1630. The highest BCUT2D eigenvalue weighted by atomic mass is 35.5. The van der Waals surface area contributed by atoms with Gasteiger partial charge in [-0.25, -0.2) is 4.39 Å². The van der Waals surface area contributed by atoms with Gasteiger partial charge in [-0.1, -0.05) is 29.3 Å². The number of rotatable bonds is 7. The van der Waals surface area contributed by atoms with E-state index in [9.17, 15) is 31.9 Å². The van der Waals surface area contributed by atoms with Crippen LogP contribution in [0.3, 0.4) is 0 Å². The van der Waals surface area contributed by atoms with E-state index in [1.807, 2.05) is 0 Å². The SMILES string of the molecule is O=C(COc1ccc(Cl)c(F)c1)NC1=CC(NC(=O)C2CN(C(=O)c3cccc(C(F)(F)F)c3)c3cc(Cl)ccc3O2)C1. The highest BCUT2D eigenvalue weighted by molar-refractivity contribution is 6.31. The predicted octanol–water partition coefficient (Wildman–Crippen LogP) is 5.53. The number of nitrogens with zero attached hydrogens (tertiary/aromatic N) is 1. The third-order valence-corrected chi connectivity index (χ3v) is 7.08. The maximum absolute atomic E-state index is 13.5. The van der Waals surface area contributed by atoms with Crippen molar-refractivity contribution in [1.82, 2.24) is 10.6 Å². The molecule has 2 aliphatic rings. The molecule has 14 heteroatoms. The number of hydrogen-bond acceptors (Lipinski definition) is 5. The summed E-state index contributed by atoms with van der Waals surface area (Å²) in [7, 11) is 0. The molecule has 1 heterocycles. The van der Waals surface area contributed by atoms with Crippen LogP contribution in [-0.4, -0.2) is 43.0 Å². The topological polar surface area (TPSA) is 97.0 Å². The van der Waals surface area contributed by atoms with Gasteiger partial charge < -0.3 is 25.0 Å². The minimum absolute atomic E-state index is 0.0771. The first kappa shape index (κ1) is 30.2. The van der Waals surface area contributed by atoms with Gasteiger partial charge in [-0.3, -0.25) is 14.4 Å². The van der Waals surface area contributed by atoms with Gasteiger partial charge in [0.15, 0.2) is 12.7 Å². The van der Waals surface area contributed by atoms with E-state index in [0.717, 1.165) is 29.2 Å². The molecule has 2 atom stereocenters. The molecule has 0 saturated heterocycles. The maximum atomic E-state index is 13.5. The van der Waals surface area contributed by atoms with Gasteiger partial charge in [-0.2, -0.15) is 13.2 Å². The average molecular weight is 638 g/mol. The van der Waals surface area contributed by atoms with Gasteiger partial charge in [0, 0.05) is 28.8 Å². The second kappa shape index (κ2) is 12.1. The quantitative estimate of drug-likeness (QED) is 0.332. The molecule has 0 spiro atoms. The average Bonchev–Trinajstić information content (AvgIpc) is 2.95. The Morgan fingerprint density at radius 3 is 2.53 bits per heavy atom. The fraction of sp³-hybridized carbons (Fsp3) is 0.207. The summed E-state index contributed by atoms with van der Waals surface area (Å²) < 4.78 is 64.3. The summed E-state index contributed by atoms with van der Waals surface area (Å²) in [6.45, 7) is -0.679. The van der Waals surface area contributed by atoms with Crippen LogP contribution < -0.4 is 25.0 Å². The van der Waals surface area contributed by atoms with E-state index in [-0.39, 0.29) is 52.4 Å². The summed E-state index contributed by atoms with van der Waals surface area (Å²) in [4.78, 5) is 39.8. The fourth-order valence-corrected chi connectivity index (χ4v) is 4.69. The molecule has 8 nitrogen and oxygen atoms in total. The smallest absolute Gasteiger partial charge is 0.416 e. The molecule has 0 radical (unpaired) electrons. The first-order chi connectivity index (χ1) is 20.4. The monoisotopic (exact) mass is 637 g/mol. The lowest BCUT2D eigenvalue weighted by atomic mass is 9.98. The lowest BCUT2D eigenvalue weighted by Crippen LogP contribution is -2.53. The van der Waals surface area contributed by atoms with Crippen molar-refractivity contribution in [3.8, 4) is 11.5 Å². The zero-order chi connectivity index (χ0) is 30.9. The van der Waals surface area contributed by atoms with E-state index in [0.29, 0.717) is 5.70 Å². The number of halogens is 6. The van der Waals surface area contributed by atoms with Gasteiger partial charge >= 0.3 is 6.18 Å². The number of benzene rings is 3. The summed E-state index contributed by atoms with van der Waals surface area (Å²) in [5, 5.41) is 5.54. The maximum Gasteiger partial charge on any atom is 0.416 e. The van der Waals surface area contributed by atoms with Crippen LogP contribution in [-0.2, 0) is 15.8 Å². The number of fused-ring (bicyclic) bond motifs is 1. The van der Waals surface area contributed by atoms with Crippen LogP contribution in [0.25, 0.3) is 0 Å². The Morgan fingerprint density at radius 1 is 1.05 bits per heavy atom. The van der Waals surface area contributed by atoms with Crippen molar-refractivity contribution in [3.05, 3.63) is 99.4 Å². The number of anilines is 1. The molecule has 0 aromatic heterocycles. The van der Waals surface area contributed by atoms with Gasteiger partial charge in [0.25, 0.3) is 17.7 Å². The van der Waals surface area contributed by atoms with Crippen LogP contribution in [0.5, 0.6) is 11.5 Å². The minimum atomic E-state index is -4.65. The van der Waals surface area contributed by atoms with E-state index in [4.69, 9.17) is 32.7 Å². The molecule has 2 N–H and O–H groups in total. The Balaban J connectivity index is 1.21. The molecule has 3 aromatic carbocycles. The molecular weight excluding hydrogens is 617 g/mol. The summed E-state index contributed by atoms with van der Waals surface area (Å²) in [5.74, 6) is -2.26. The Hall–Kier alpha value is -4.29. The van der Waals surface area contributed by atoms with Crippen LogP contribution in [0.1, 0.15) is 22.3 Å². The molecule has 43 heavy (non-hydrogen) atoms. The van der Waals surface area contributed by atoms with Crippen molar-refractivity contribution in [1.29, 1.82) is 0 Å². The van der Waals surface area contributed by atoms with Crippen molar-refractivity contribution in [2.75, 3.05) is 18.1 Å². The molecule has 3 amide bonds. The van der Waals surface area contributed by atoms with Crippen molar-refractivity contribution in [3.63, 3.8) is 0 Å². The molecule has 2 unspecified atom stereocenters. The molecule has 224 valence electrons. The van der Waals surface area contributed by atoms with Crippen LogP contribution in [0.4, 0.5) is 23.2 Å². The number of carbonyl (C=O) groups excluding carboxylic acids is 3. The van der Waals surface area contributed by atoms with E-state index >= 15 is 0 Å². The lowest BCUT2D eigenvalue weighted by Gasteiger charge is -2.35. The van der Waals surface area contributed by atoms with Crippen LogP contribution >= 0.6 is 23.2 Å². The zero-order valence-electron chi connectivity index (χ0n) is 21.9. The number of amides is 3. The number of nitrogens with one attached hydrogen (secondary N) is 2. The van der Waals surface area contributed by atoms with E-state index in [1.54, 1.807) is 6.08 Å². The van der Waals surface area contributed by atoms with Crippen LogP contribution in [0.15, 0.2) is 72.4 Å². The number of alkyl halides is 3. The largest absolute Gasteiger partial charge is 0.484 e. The Labute approximate surface area is 252 Å². The second-order valence-electron chi connectivity index (χ2n) is 9.64. The van der Waals surface area contributed by atoms with Crippen LogP contribution in [0.2, 0.25) is 10.0 Å². The van der Waals surface area contributed by atoms with Crippen molar-refractivity contribution in [2.24, 2.45) is 0 Å². The molecule has 0 bridgehead atoms. The summed E-state index contributed by atoms with van der Waals surface area (Å²) >= 11 is 11.7. The molecule has 1 aliphatic heterocycles.